The highest BCUT2D eigenvalue weighted by Crippen LogP contribution is 2.23. The van der Waals surface area contributed by atoms with Gasteiger partial charge in [0.2, 0.25) is 0 Å². The van der Waals surface area contributed by atoms with Gasteiger partial charge >= 0.3 is 0 Å². The average molecular weight is 340 g/mol. The summed E-state index contributed by atoms with van der Waals surface area (Å²) in [6.07, 6.45) is 3.79. The second-order valence-corrected chi connectivity index (χ2v) is 7.23. The molecule has 0 bridgehead atoms. The maximum absolute atomic E-state index is 12.4. The van der Waals surface area contributed by atoms with Crippen LogP contribution in [0.3, 0.4) is 0 Å². The lowest BCUT2D eigenvalue weighted by molar-refractivity contribution is 0.0780. The molecule has 1 saturated heterocycles. The molecule has 0 aliphatic carbocycles. The molecule has 1 N–H and O–H groups in total. The topological polar surface area (TPSA) is 63.1 Å². The van der Waals surface area contributed by atoms with E-state index in [1.807, 2.05) is 16.8 Å². The van der Waals surface area contributed by atoms with Crippen LogP contribution < -0.4 is 5.32 Å². The highest BCUT2D eigenvalue weighted by atomic mass is 35.5. The number of rotatable bonds is 4. The van der Waals surface area contributed by atoms with Crippen LogP contribution in [0.4, 0.5) is 0 Å². The molecule has 0 saturated carbocycles. The van der Waals surface area contributed by atoms with Gasteiger partial charge in [0.1, 0.15) is 0 Å². The average Bonchev–Trinajstić information content (AvgIpc) is 3.17. The molecule has 1 fully saturated rings. The van der Waals surface area contributed by atoms with Crippen molar-refractivity contribution in [2.75, 3.05) is 20.1 Å². The van der Waals surface area contributed by atoms with Crippen molar-refractivity contribution in [1.29, 1.82) is 0 Å². The predicted octanol–water partition coefficient (Wildman–Crippen LogP) is 2.19. The summed E-state index contributed by atoms with van der Waals surface area (Å²) in [7, 11) is 1.76. The zero-order valence-electron chi connectivity index (χ0n) is 12.3. The first kappa shape index (κ1) is 15.5. The lowest BCUT2D eigenvalue weighted by atomic mass is 10.1. The highest BCUT2D eigenvalue weighted by molar-refractivity contribution is 7.16. The van der Waals surface area contributed by atoms with Crippen LogP contribution in [0.2, 0.25) is 4.34 Å². The van der Waals surface area contributed by atoms with Gasteiger partial charge < -0.3 is 10.2 Å². The van der Waals surface area contributed by atoms with Crippen molar-refractivity contribution in [3.63, 3.8) is 0 Å². The van der Waals surface area contributed by atoms with Crippen molar-refractivity contribution in [2.45, 2.75) is 25.4 Å². The van der Waals surface area contributed by atoms with E-state index in [1.165, 1.54) is 11.3 Å². The molecule has 3 heterocycles. The van der Waals surface area contributed by atoms with Gasteiger partial charge in [0.25, 0.3) is 5.91 Å². The van der Waals surface area contributed by atoms with Crippen molar-refractivity contribution in [3.8, 4) is 0 Å². The van der Waals surface area contributed by atoms with Gasteiger partial charge in [0, 0.05) is 11.9 Å². The molecule has 1 aliphatic heterocycles. The Bertz CT molecular complexity index is 649. The molecule has 2 aromatic heterocycles. The van der Waals surface area contributed by atoms with Gasteiger partial charge in [-0.3, -0.25) is 4.79 Å². The van der Waals surface area contributed by atoms with Crippen LogP contribution in [0.15, 0.2) is 18.3 Å². The quantitative estimate of drug-likeness (QED) is 0.927. The molecule has 22 heavy (non-hydrogen) atoms. The number of carbonyl (C=O) groups excluding carboxylic acids is 1. The minimum Gasteiger partial charge on any atom is -0.335 e. The Morgan fingerprint density at radius 2 is 2.27 bits per heavy atom. The van der Waals surface area contributed by atoms with Crippen LogP contribution in [0.25, 0.3) is 0 Å². The van der Waals surface area contributed by atoms with Crippen LogP contribution in [-0.2, 0) is 6.54 Å². The van der Waals surface area contributed by atoms with E-state index in [4.69, 9.17) is 11.6 Å². The predicted molar refractivity (Wildman–Crippen MR) is 86.3 cm³/mol. The zero-order chi connectivity index (χ0) is 15.5. The van der Waals surface area contributed by atoms with Crippen molar-refractivity contribution in [1.82, 2.24) is 25.2 Å². The van der Waals surface area contributed by atoms with Crippen molar-refractivity contribution < 1.29 is 4.79 Å². The van der Waals surface area contributed by atoms with E-state index in [9.17, 15) is 4.79 Å². The molecule has 0 atom stereocenters. The summed E-state index contributed by atoms with van der Waals surface area (Å²) in [5.41, 5.74) is 0.392. The van der Waals surface area contributed by atoms with Crippen LogP contribution in [0, 0.1) is 0 Å². The maximum Gasteiger partial charge on any atom is 0.276 e. The summed E-state index contributed by atoms with van der Waals surface area (Å²) in [6.45, 7) is 2.48. The first-order chi connectivity index (χ1) is 10.6. The summed E-state index contributed by atoms with van der Waals surface area (Å²) >= 11 is 7.39. The molecule has 1 aliphatic rings. The third kappa shape index (κ3) is 3.48. The standard InChI is InChI=1S/C14H18ClN5OS/c1-19(8-11-2-3-13(15)22-11)14(21)12-9-20(18-17-12)10-4-6-16-7-5-10/h2-3,9-10,16H,4-8H2,1H3. The van der Waals surface area contributed by atoms with E-state index in [2.05, 4.69) is 15.6 Å². The Labute approximate surface area is 138 Å². The maximum atomic E-state index is 12.4. The lowest BCUT2D eigenvalue weighted by Gasteiger charge is -2.22. The highest BCUT2D eigenvalue weighted by Gasteiger charge is 2.20. The molecule has 0 unspecified atom stereocenters. The molecule has 1 amide bonds. The van der Waals surface area contributed by atoms with Gasteiger partial charge in [-0.1, -0.05) is 16.8 Å². The minimum absolute atomic E-state index is 0.121. The molecular formula is C14H18ClN5OS. The second kappa shape index (κ2) is 6.76. The molecule has 0 radical (unpaired) electrons. The van der Waals surface area contributed by atoms with E-state index in [1.54, 1.807) is 18.1 Å². The van der Waals surface area contributed by atoms with Crippen LogP contribution in [0.1, 0.15) is 34.2 Å². The fourth-order valence-corrected chi connectivity index (χ4v) is 3.70. The van der Waals surface area contributed by atoms with E-state index >= 15 is 0 Å². The Kier molecular flexibility index (Phi) is 4.75. The number of piperidine rings is 1. The molecule has 2 aromatic rings. The summed E-state index contributed by atoms with van der Waals surface area (Å²) < 4.78 is 2.55. The number of thiophene rings is 1. The van der Waals surface area contributed by atoms with Gasteiger partial charge in [0.15, 0.2) is 5.69 Å². The summed E-state index contributed by atoms with van der Waals surface area (Å²) in [5.74, 6) is -0.121. The fraction of sp³-hybridized carbons (Fsp3) is 0.500. The van der Waals surface area contributed by atoms with Crippen LogP contribution in [-0.4, -0.2) is 45.9 Å². The van der Waals surface area contributed by atoms with E-state index in [-0.39, 0.29) is 5.91 Å². The number of amides is 1. The molecule has 0 aromatic carbocycles. The molecule has 118 valence electrons. The van der Waals surface area contributed by atoms with E-state index in [0.29, 0.717) is 18.3 Å². The Morgan fingerprint density at radius 3 is 2.95 bits per heavy atom. The van der Waals surface area contributed by atoms with Crippen LogP contribution >= 0.6 is 22.9 Å². The minimum atomic E-state index is -0.121. The van der Waals surface area contributed by atoms with Crippen molar-refractivity contribution in [3.05, 3.63) is 33.2 Å². The van der Waals surface area contributed by atoms with Gasteiger partial charge in [-0.05, 0) is 38.1 Å². The Morgan fingerprint density at radius 1 is 1.50 bits per heavy atom. The van der Waals surface area contributed by atoms with Crippen molar-refractivity contribution >= 4 is 28.8 Å². The number of nitrogens with zero attached hydrogens (tertiary/aromatic N) is 4. The SMILES string of the molecule is CN(Cc1ccc(Cl)s1)C(=O)c1cn(C2CCNCC2)nn1. The molecule has 3 rings (SSSR count). The van der Waals surface area contributed by atoms with E-state index in [0.717, 1.165) is 35.1 Å². The Balaban J connectivity index is 1.65. The molecule has 0 spiro atoms. The zero-order valence-corrected chi connectivity index (χ0v) is 13.9. The fourth-order valence-electron chi connectivity index (χ4n) is 2.56. The largest absolute Gasteiger partial charge is 0.335 e. The normalized spacial score (nSPS) is 15.9. The lowest BCUT2D eigenvalue weighted by Crippen LogP contribution is -2.29. The van der Waals surface area contributed by atoms with Gasteiger partial charge in [0.05, 0.1) is 23.1 Å². The smallest absolute Gasteiger partial charge is 0.276 e. The number of halogens is 1. The molecular weight excluding hydrogens is 322 g/mol. The van der Waals surface area contributed by atoms with Gasteiger partial charge in [-0.2, -0.15) is 0 Å². The van der Waals surface area contributed by atoms with Gasteiger partial charge in [-0.15, -0.1) is 16.4 Å². The third-order valence-corrected chi connectivity index (χ3v) is 5.00. The Hall–Kier alpha value is -1.44. The first-order valence-electron chi connectivity index (χ1n) is 7.25. The van der Waals surface area contributed by atoms with Crippen molar-refractivity contribution in [2.24, 2.45) is 0 Å². The number of nitrogens with one attached hydrogen (secondary N) is 1. The molecule has 8 heteroatoms. The monoisotopic (exact) mass is 339 g/mol. The van der Waals surface area contributed by atoms with E-state index < -0.39 is 0 Å². The van der Waals surface area contributed by atoms with Gasteiger partial charge in [-0.25, -0.2) is 4.68 Å². The number of hydrogen-bond donors (Lipinski definition) is 1. The summed E-state index contributed by atoms with van der Waals surface area (Å²) in [6, 6.07) is 4.10. The first-order valence-corrected chi connectivity index (χ1v) is 8.45. The summed E-state index contributed by atoms with van der Waals surface area (Å²) in [5, 5.41) is 11.5. The number of carbonyl (C=O) groups is 1. The third-order valence-electron chi connectivity index (χ3n) is 3.78. The second-order valence-electron chi connectivity index (χ2n) is 5.43. The van der Waals surface area contributed by atoms with Crippen LogP contribution in [0.5, 0.6) is 0 Å². The summed E-state index contributed by atoms with van der Waals surface area (Å²) in [4.78, 5) is 15.1. The number of aromatic nitrogens is 3. The molecule has 6 nitrogen and oxygen atoms in total. The number of hydrogen-bond acceptors (Lipinski definition) is 5.